The number of rotatable bonds is 8. The molecule has 0 bridgehead atoms. The molecule has 0 aromatic rings. The molecule has 2 aliphatic rings. The summed E-state index contributed by atoms with van der Waals surface area (Å²) >= 11 is 0. The second kappa shape index (κ2) is 6.91. The fourth-order valence-corrected chi connectivity index (χ4v) is 3.21. The molecule has 18 heavy (non-hydrogen) atoms. The predicted octanol–water partition coefficient (Wildman–Crippen LogP) is 3.74. The second-order valence-corrected chi connectivity index (χ2v) is 6.75. The minimum absolute atomic E-state index is 0.317. The molecule has 0 heterocycles. The van der Waals surface area contributed by atoms with Gasteiger partial charge in [-0.15, -0.1) is 0 Å². The van der Waals surface area contributed by atoms with Crippen LogP contribution in [0.5, 0.6) is 0 Å². The summed E-state index contributed by atoms with van der Waals surface area (Å²) in [7, 11) is 0. The smallest absolute Gasteiger partial charge is 0.0534 e. The molecule has 0 amide bonds. The zero-order chi connectivity index (χ0) is 12.8. The molecule has 0 atom stereocenters. The van der Waals surface area contributed by atoms with Crippen LogP contribution in [0.1, 0.15) is 64.7 Å². The number of unbranched alkanes of at least 4 members (excludes halogenated alkanes) is 1. The molecule has 2 rings (SSSR count). The van der Waals surface area contributed by atoms with E-state index >= 15 is 0 Å². The molecule has 0 aromatic carbocycles. The molecule has 0 unspecified atom stereocenters. The maximum atomic E-state index is 6.04. The van der Waals surface area contributed by atoms with E-state index in [2.05, 4.69) is 6.92 Å². The molecule has 0 radical (unpaired) electrons. The molecule has 0 aromatic heterocycles. The maximum Gasteiger partial charge on any atom is 0.0534 e. The van der Waals surface area contributed by atoms with Crippen LogP contribution in [0.15, 0.2) is 0 Å². The lowest BCUT2D eigenvalue weighted by Gasteiger charge is -2.39. The Morgan fingerprint density at radius 1 is 1.11 bits per heavy atom. The fourth-order valence-electron chi connectivity index (χ4n) is 3.21. The normalized spacial score (nSPS) is 32.7. The Hall–Kier alpha value is -0.0800. The molecular weight excluding hydrogens is 222 g/mol. The molecular formula is C16H31NO. The molecule has 2 fully saturated rings. The van der Waals surface area contributed by atoms with E-state index in [0.717, 1.165) is 31.6 Å². The van der Waals surface area contributed by atoms with Crippen LogP contribution in [0, 0.1) is 17.3 Å². The van der Waals surface area contributed by atoms with E-state index in [0.29, 0.717) is 5.41 Å². The van der Waals surface area contributed by atoms with E-state index in [1.165, 1.54) is 57.8 Å². The van der Waals surface area contributed by atoms with Gasteiger partial charge in [0.25, 0.3) is 0 Å². The van der Waals surface area contributed by atoms with Gasteiger partial charge in [0.05, 0.1) is 6.61 Å². The molecule has 0 saturated heterocycles. The quantitative estimate of drug-likeness (QED) is 0.715. The minimum Gasteiger partial charge on any atom is -0.381 e. The zero-order valence-corrected chi connectivity index (χ0v) is 12.1. The van der Waals surface area contributed by atoms with Crippen LogP contribution in [0.3, 0.4) is 0 Å². The minimum atomic E-state index is 0.317. The molecule has 2 N–H and O–H groups in total. The van der Waals surface area contributed by atoms with Gasteiger partial charge in [-0.2, -0.15) is 0 Å². The van der Waals surface area contributed by atoms with Crippen LogP contribution in [0.4, 0.5) is 0 Å². The Balaban J connectivity index is 1.68. The Kier molecular flexibility index (Phi) is 5.50. The molecule has 0 spiro atoms. The lowest BCUT2D eigenvalue weighted by atomic mass is 9.70. The van der Waals surface area contributed by atoms with Crippen molar-refractivity contribution in [3.8, 4) is 0 Å². The van der Waals surface area contributed by atoms with E-state index in [9.17, 15) is 0 Å². The van der Waals surface area contributed by atoms with Gasteiger partial charge in [0, 0.05) is 18.6 Å². The highest BCUT2D eigenvalue weighted by molar-refractivity contribution is 4.87. The summed E-state index contributed by atoms with van der Waals surface area (Å²) < 4.78 is 5.93. The molecule has 2 aliphatic carbocycles. The van der Waals surface area contributed by atoms with Crippen molar-refractivity contribution in [3.63, 3.8) is 0 Å². The number of nitrogens with two attached hydrogens (primary N) is 1. The Bertz CT molecular complexity index is 229. The van der Waals surface area contributed by atoms with E-state index in [4.69, 9.17) is 10.5 Å². The average Bonchev–Trinajstić information content (AvgIpc) is 3.22. The Morgan fingerprint density at radius 2 is 1.83 bits per heavy atom. The van der Waals surface area contributed by atoms with Crippen molar-refractivity contribution in [2.75, 3.05) is 19.8 Å². The largest absolute Gasteiger partial charge is 0.381 e. The fraction of sp³-hybridized carbons (Fsp3) is 1.00. The van der Waals surface area contributed by atoms with Crippen molar-refractivity contribution < 1.29 is 4.74 Å². The molecule has 2 saturated carbocycles. The third-order valence-corrected chi connectivity index (χ3v) is 5.02. The molecule has 2 heteroatoms. The van der Waals surface area contributed by atoms with Gasteiger partial charge in [-0.1, -0.05) is 26.2 Å². The van der Waals surface area contributed by atoms with Crippen molar-refractivity contribution in [1.29, 1.82) is 0 Å². The van der Waals surface area contributed by atoms with Gasteiger partial charge >= 0.3 is 0 Å². The third kappa shape index (κ3) is 4.24. The van der Waals surface area contributed by atoms with Gasteiger partial charge in [0.1, 0.15) is 0 Å². The van der Waals surface area contributed by atoms with Gasteiger partial charge in [0.2, 0.25) is 0 Å². The molecule has 0 aliphatic heterocycles. The summed E-state index contributed by atoms with van der Waals surface area (Å²) in [6.07, 6.45) is 12.3. The SMILES string of the molecule is CCCCC1CCC(CN)(COCC2CC2)CC1. The Morgan fingerprint density at radius 3 is 2.39 bits per heavy atom. The first kappa shape index (κ1) is 14.3. The van der Waals surface area contributed by atoms with Gasteiger partial charge in [0.15, 0.2) is 0 Å². The van der Waals surface area contributed by atoms with Crippen molar-refractivity contribution in [2.24, 2.45) is 23.0 Å². The summed E-state index contributed by atoms with van der Waals surface area (Å²) in [5, 5.41) is 0. The van der Waals surface area contributed by atoms with Crippen molar-refractivity contribution in [1.82, 2.24) is 0 Å². The van der Waals surface area contributed by atoms with E-state index < -0.39 is 0 Å². The van der Waals surface area contributed by atoms with Crippen LogP contribution in [0.25, 0.3) is 0 Å². The van der Waals surface area contributed by atoms with E-state index in [-0.39, 0.29) is 0 Å². The maximum absolute atomic E-state index is 6.04. The van der Waals surface area contributed by atoms with Crippen molar-refractivity contribution in [2.45, 2.75) is 64.7 Å². The van der Waals surface area contributed by atoms with Crippen LogP contribution in [-0.2, 0) is 4.74 Å². The summed E-state index contributed by atoms with van der Waals surface area (Å²) in [5.74, 6) is 1.84. The molecule has 106 valence electrons. The number of hydrogen-bond acceptors (Lipinski definition) is 2. The first-order valence-corrected chi connectivity index (χ1v) is 8.06. The Labute approximate surface area is 113 Å². The standard InChI is InChI=1S/C16H31NO/c1-2-3-4-14-7-9-16(12-17,10-8-14)13-18-11-15-5-6-15/h14-15H,2-13,17H2,1H3. The number of hydrogen-bond donors (Lipinski definition) is 1. The van der Waals surface area contributed by atoms with Crippen molar-refractivity contribution in [3.05, 3.63) is 0 Å². The van der Waals surface area contributed by atoms with Gasteiger partial charge < -0.3 is 10.5 Å². The summed E-state index contributed by atoms with van der Waals surface area (Å²) in [4.78, 5) is 0. The second-order valence-electron chi connectivity index (χ2n) is 6.75. The third-order valence-electron chi connectivity index (χ3n) is 5.02. The van der Waals surface area contributed by atoms with Gasteiger partial charge in [-0.05, 0) is 50.4 Å². The van der Waals surface area contributed by atoms with Crippen LogP contribution in [0.2, 0.25) is 0 Å². The monoisotopic (exact) mass is 253 g/mol. The van der Waals surface area contributed by atoms with Gasteiger partial charge in [-0.3, -0.25) is 0 Å². The highest BCUT2D eigenvalue weighted by Gasteiger charge is 2.34. The molecule has 2 nitrogen and oxygen atoms in total. The lowest BCUT2D eigenvalue weighted by molar-refractivity contribution is 0.0105. The summed E-state index contributed by atoms with van der Waals surface area (Å²) in [5.41, 5.74) is 6.35. The van der Waals surface area contributed by atoms with Crippen LogP contribution >= 0.6 is 0 Å². The highest BCUT2D eigenvalue weighted by atomic mass is 16.5. The topological polar surface area (TPSA) is 35.2 Å². The van der Waals surface area contributed by atoms with Gasteiger partial charge in [-0.25, -0.2) is 0 Å². The summed E-state index contributed by atoms with van der Waals surface area (Å²) in [6, 6.07) is 0. The van der Waals surface area contributed by atoms with E-state index in [1.807, 2.05) is 0 Å². The summed E-state index contributed by atoms with van der Waals surface area (Å²) in [6.45, 7) is 5.01. The van der Waals surface area contributed by atoms with Crippen LogP contribution < -0.4 is 5.73 Å². The average molecular weight is 253 g/mol. The van der Waals surface area contributed by atoms with Crippen molar-refractivity contribution >= 4 is 0 Å². The van der Waals surface area contributed by atoms with E-state index in [1.54, 1.807) is 0 Å². The first-order valence-electron chi connectivity index (χ1n) is 8.06. The number of ether oxygens (including phenoxy) is 1. The zero-order valence-electron chi connectivity index (χ0n) is 12.1. The predicted molar refractivity (Wildman–Crippen MR) is 76.5 cm³/mol. The van der Waals surface area contributed by atoms with Crippen LogP contribution in [-0.4, -0.2) is 19.8 Å². The highest BCUT2D eigenvalue weighted by Crippen LogP contribution is 2.40. The lowest BCUT2D eigenvalue weighted by Crippen LogP contribution is -2.39. The first-order chi connectivity index (χ1) is 8.78.